The number of hydrogen-bond donors (Lipinski definition) is 3. The highest BCUT2D eigenvalue weighted by Crippen LogP contribution is 2.31. The summed E-state index contributed by atoms with van der Waals surface area (Å²) in [6.07, 6.45) is 3.42. The monoisotopic (exact) mass is 290 g/mol. The number of nitrogen functional groups attached to an aromatic ring is 1. The maximum atomic E-state index is 12.0. The van der Waals surface area contributed by atoms with Crippen LogP contribution in [0.2, 0.25) is 5.02 Å². The molecule has 100 valence electrons. The number of sulfonamides is 1. The molecule has 1 fully saturated rings. The smallest absolute Gasteiger partial charge is 0.244 e. The predicted octanol–water partition coefficient (Wildman–Crippen LogP) is 0.333. The van der Waals surface area contributed by atoms with E-state index in [1.807, 2.05) is 0 Å². The third-order valence-electron chi connectivity index (χ3n) is 2.87. The van der Waals surface area contributed by atoms with Crippen LogP contribution in [0.15, 0.2) is 17.2 Å². The molecule has 0 saturated heterocycles. The van der Waals surface area contributed by atoms with Gasteiger partial charge in [0.1, 0.15) is 10.7 Å². The topological polar surface area (TPSA) is 111 Å². The maximum absolute atomic E-state index is 12.0. The summed E-state index contributed by atoms with van der Waals surface area (Å²) in [5.74, 6) is 0.342. The molecule has 1 aliphatic carbocycles. The Morgan fingerprint density at radius 1 is 1.56 bits per heavy atom. The van der Waals surface area contributed by atoms with Crippen LogP contribution in [0.25, 0.3) is 0 Å². The molecule has 1 aromatic rings. The zero-order chi connectivity index (χ0) is 13.3. The number of nitrogens with one attached hydrogen (secondary N) is 1. The molecule has 5 N–H and O–H groups in total. The van der Waals surface area contributed by atoms with Crippen molar-refractivity contribution in [3.8, 4) is 0 Å². The fourth-order valence-electron chi connectivity index (χ4n) is 1.62. The number of anilines is 1. The Morgan fingerprint density at radius 2 is 2.22 bits per heavy atom. The lowest BCUT2D eigenvalue weighted by Crippen LogP contribution is -2.38. The number of hydrogen-bond acceptors (Lipinski definition) is 5. The first-order valence-electron chi connectivity index (χ1n) is 5.56. The van der Waals surface area contributed by atoms with Crippen molar-refractivity contribution in [3.05, 3.63) is 17.3 Å². The Kier molecular flexibility index (Phi) is 3.76. The molecule has 6 nitrogen and oxygen atoms in total. The summed E-state index contributed by atoms with van der Waals surface area (Å²) >= 11 is 5.71. The minimum absolute atomic E-state index is 0.0770. The van der Waals surface area contributed by atoms with Gasteiger partial charge in [-0.1, -0.05) is 11.6 Å². The summed E-state index contributed by atoms with van der Waals surface area (Å²) in [6.45, 7) is 0.193. The molecule has 0 bridgehead atoms. The highest BCUT2D eigenvalue weighted by molar-refractivity contribution is 7.89. The third-order valence-corrected chi connectivity index (χ3v) is 4.53. The number of aromatic nitrogens is 1. The van der Waals surface area contributed by atoms with Gasteiger partial charge in [0.2, 0.25) is 10.0 Å². The Balaban J connectivity index is 2.11. The minimum Gasteiger partial charge on any atom is -0.383 e. The van der Waals surface area contributed by atoms with E-state index in [0.29, 0.717) is 5.92 Å². The van der Waals surface area contributed by atoms with Crippen LogP contribution in [0.3, 0.4) is 0 Å². The van der Waals surface area contributed by atoms with Crippen LogP contribution in [0.4, 0.5) is 5.82 Å². The average Bonchev–Trinajstić information content (AvgIpc) is 3.13. The zero-order valence-corrected chi connectivity index (χ0v) is 11.2. The average molecular weight is 291 g/mol. The van der Waals surface area contributed by atoms with Crippen molar-refractivity contribution in [2.45, 2.75) is 23.8 Å². The summed E-state index contributed by atoms with van der Waals surface area (Å²) < 4.78 is 26.4. The van der Waals surface area contributed by atoms with Gasteiger partial charge in [-0.15, -0.1) is 0 Å². The number of halogens is 1. The lowest BCUT2D eigenvalue weighted by molar-refractivity contribution is 0.548. The van der Waals surface area contributed by atoms with Crippen molar-refractivity contribution in [3.63, 3.8) is 0 Å². The summed E-state index contributed by atoms with van der Waals surface area (Å²) in [5.41, 5.74) is 11.4. The molecule has 0 spiro atoms. The van der Waals surface area contributed by atoms with Gasteiger partial charge in [0.25, 0.3) is 0 Å². The molecule has 1 unspecified atom stereocenters. The first-order valence-corrected chi connectivity index (χ1v) is 7.42. The number of nitrogens with zero attached hydrogens (tertiary/aromatic N) is 1. The van der Waals surface area contributed by atoms with E-state index in [0.717, 1.165) is 12.8 Å². The van der Waals surface area contributed by atoms with Gasteiger partial charge in [0.05, 0.1) is 5.02 Å². The molecule has 1 atom stereocenters. The molecule has 2 rings (SSSR count). The van der Waals surface area contributed by atoms with Crippen LogP contribution in [0, 0.1) is 5.92 Å². The van der Waals surface area contributed by atoms with Gasteiger partial charge in [0, 0.05) is 18.8 Å². The predicted molar refractivity (Wildman–Crippen MR) is 69.5 cm³/mol. The van der Waals surface area contributed by atoms with Crippen LogP contribution in [0.1, 0.15) is 12.8 Å². The molecule has 1 aliphatic rings. The van der Waals surface area contributed by atoms with E-state index < -0.39 is 10.0 Å². The maximum Gasteiger partial charge on any atom is 0.244 e. The molecule has 0 aliphatic heterocycles. The standard InChI is InChI=1S/C10H15ClN4O2S/c11-7-3-9(10(13)14-4-7)18(16,17)15-5-8(12)6-1-2-6/h3-4,6,8,15H,1-2,5,12H2,(H2,13,14). The van der Waals surface area contributed by atoms with Gasteiger partial charge >= 0.3 is 0 Å². The molecule has 8 heteroatoms. The normalized spacial score (nSPS) is 17.7. The molecule has 1 saturated carbocycles. The minimum atomic E-state index is -3.72. The fourth-order valence-corrected chi connectivity index (χ4v) is 3.02. The van der Waals surface area contributed by atoms with E-state index >= 15 is 0 Å². The molecule has 0 radical (unpaired) electrons. The Labute approximate surface area is 111 Å². The first-order chi connectivity index (χ1) is 8.40. The molecule has 0 amide bonds. The van der Waals surface area contributed by atoms with Gasteiger partial charge in [-0.25, -0.2) is 18.1 Å². The first kappa shape index (κ1) is 13.5. The van der Waals surface area contributed by atoms with Gasteiger partial charge in [-0.05, 0) is 24.8 Å². The molecular weight excluding hydrogens is 276 g/mol. The molecular formula is C10H15ClN4O2S. The second-order valence-corrected chi connectivity index (χ2v) is 6.56. The van der Waals surface area contributed by atoms with Crippen molar-refractivity contribution >= 4 is 27.4 Å². The zero-order valence-electron chi connectivity index (χ0n) is 9.64. The van der Waals surface area contributed by atoms with Crippen molar-refractivity contribution in [1.82, 2.24) is 9.71 Å². The van der Waals surface area contributed by atoms with Gasteiger partial charge in [-0.3, -0.25) is 0 Å². The van der Waals surface area contributed by atoms with Crippen LogP contribution in [-0.2, 0) is 10.0 Å². The second-order valence-electron chi connectivity index (χ2n) is 4.39. The van der Waals surface area contributed by atoms with Crippen LogP contribution in [-0.4, -0.2) is 26.0 Å². The molecule has 1 heterocycles. The van der Waals surface area contributed by atoms with Gasteiger partial charge < -0.3 is 11.5 Å². The quantitative estimate of drug-likeness (QED) is 0.724. The largest absolute Gasteiger partial charge is 0.383 e. The molecule has 1 aromatic heterocycles. The SMILES string of the molecule is Nc1ncc(Cl)cc1S(=O)(=O)NCC(N)C1CC1. The third kappa shape index (κ3) is 3.11. The van der Waals surface area contributed by atoms with E-state index in [1.54, 1.807) is 0 Å². The summed E-state index contributed by atoms with van der Waals surface area (Å²) in [5, 5.41) is 0.219. The number of nitrogens with two attached hydrogens (primary N) is 2. The highest BCUT2D eigenvalue weighted by atomic mass is 35.5. The summed E-state index contributed by atoms with van der Waals surface area (Å²) in [6, 6.07) is 1.11. The van der Waals surface area contributed by atoms with Crippen molar-refractivity contribution in [1.29, 1.82) is 0 Å². The van der Waals surface area contributed by atoms with Crippen molar-refractivity contribution in [2.75, 3.05) is 12.3 Å². The lowest BCUT2D eigenvalue weighted by atomic mass is 10.2. The second kappa shape index (κ2) is 5.00. The highest BCUT2D eigenvalue weighted by Gasteiger charge is 2.29. The summed E-state index contributed by atoms with van der Waals surface area (Å²) in [4.78, 5) is 3.60. The van der Waals surface area contributed by atoms with Crippen molar-refractivity contribution < 1.29 is 8.42 Å². The Hall–Kier alpha value is -0.890. The van der Waals surface area contributed by atoms with E-state index in [-0.39, 0.29) is 28.3 Å². The van der Waals surface area contributed by atoms with Crippen LogP contribution < -0.4 is 16.2 Å². The van der Waals surface area contributed by atoms with Gasteiger partial charge in [-0.2, -0.15) is 0 Å². The summed E-state index contributed by atoms with van der Waals surface area (Å²) in [7, 11) is -3.72. The number of rotatable bonds is 5. The lowest BCUT2D eigenvalue weighted by Gasteiger charge is -2.13. The Morgan fingerprint density at radius 3 is 2.83 bits per heavy atom. The van der Waals surface area contributed by atoms with Crippen LogP contribution >= 0.6 is 11.6 Å². The fraction of sp³-hybridized carbons (Fsp3) is 0.500. The molecule has 18 heavy (non-hydrogen) atoms. The Bertz CT molecular complexity index is 545. The van der Waals surface area contributed by atoms with Gasteiger partial charge in [0.15, 0.2) is 0 Å². The van der Waals surface area contributed by atoms with E-state index in [4.69, 9.17) is 23.1 Å². The van der Waals surface area contributed by atoms with E-state index in [9.17, 15) is 8.42 Å². The number of pyridine rings is 1. The van der Waals surface area contributed by atoms with E-state index in [1.165, 1.54) is 12.3 Å². The van der Waals surface area contributed by atoms with Crippen LogP contribution in [0.5, 0.6) is 0 Å². The van der Waals surface area contributed by atoms with E-state index in [2.05, 4.69) is 9.71 Å². The molecule has 0 aromatic carbocycles. The van der Waals surface area contributed by atoms with Crippen molar-refractivity contribution in [2.24, 2.45) is 11.7 Å².